The fraction of sp³-hybridized carbons (Fsp3) is 0.529. The standard InChI is InChI=1S/C17H25NO5/c1-4-22-16(21)8-9-18(10-11-19)15(20)12-23-17-13(2)6-5-7-14(17)3/h5-7,19H,4,8-12H2,1-3H3. The Labute approximate surface area is 137 Å². The zero-order valence-corrected chi connectivity index (χ0v) is 14.0. The van der Waals surface area contributed by atoms with E-state index in [0.717, 1.165) is 11.1 Å². The SMILES string of the molecule is CCOC(=O)CCN(CCO)C(=O)COc1c(C)cccc1C. The molecular formula is C17H25NO5. The highest BCUT2D eigenvalue weighted by Gasteiger charge is 2.16. The highest BCUT2D eigenvalue weighted by molar-refractivity contribution is 5.78. The van der Waals surface area contributed by atoms with Gasteiger partial charge >= 0.3 is 5.97 Å². The van der Waals surface area contributed by atoms with Gasteiger partial charge in [-0.1, -0.05) is 18.2 Å². The number of rotatable bonds is 9. The van der Waals surface area contributed by atoms with Crippen molar-refractivity contribution >= 4 is 11.9 Å². The van der Waals surface area contributed by atoms with E-state index in [0.29, 0.717) is 12.4 Å². The molecule has 0 aliphatic carbocycles. The summed E-state index contributed by atoms with van der Waals surface area (Å²) in [6.45, 7) is 5.93. The molecule has 0 radical (unpaired) electrons. The van der Waals surface area contributed by atoms with E-state index in [1.807, 2.05) is 32.0 Å². The van der Waals surface area contributed by atoms with Gasteiger partial charge in [-0.25, -0.2) is 0 Å². The Bertz CT molecular complexity index is 509. The van der Waals surface area contributed by atoms with Crippen LogP contribution in [0.1, 0.15) is 24.5 Å². The number of hydrogen-bond donors (Lipinski definition) is 1. The van der Waals surface area contributed by atoms with E-state index in [4.69, 9.17) is 14.6 Å². The molecule has 6 heteroatoms. The first-order chi connectivity index (χ1) is 11.0. The molecule has 0 saturated heterocycles. The molecule has 23 heavy (non-hydrogen) atoms. The zero-order valence-electron chi connectivity index (χ0n) is 14.0. The molecule has 0 aliphatic heterocycles. The Balaban J connectivity index is 2.58. The number of esters is 1. The summed E-state index contributed by atoms with van der Waals surface area (Å²) in [5, 5.41) is 9.08. The molecule has 128 valence electrons. The maximum atomic E-state index is 12.2. The fourth-order valence-corrected chi connectivity index (χ4v) is 2.19. The van der Waals surface area contributed by atoms with Crippen molar-refractivity contribution in [3.05, 3.63) is 29.3 Å². The van der Waals surface area contributed by atoms with Gasteiger partial charge in [-0.2, -0.15) is 0 Å². The van der Waals surface area contributed by atoms with Crippen LogP contribution < -0.4 is 4.74 Å². The van der Waals surface area contributed by atoms with E-state index in [-0.39, 0.29) is 44.6 Å². The third-order valence-corrected chi connectivity index (χ3v) is 3.36. The number of para-hydroxylation sites is 1. The van der Waals surface area contributed by atoms with Gasteiger partial charge in [0.1, 0.15) is 5.75 Å². The third kappa shape index (κ3) is 6.28. The number of carbonyl (C=O) groups is 2. The Morgan fingerprint density at radius 3 is 2.39 bits per heavy atom. The summed E-state index contributed by atoms with van der Waals surface area (Å²) in [4.78, 5) is 25.0. The lowest BCUT2D eigenvalue weighted by Gasteiger charge is -2.22. The first-order valence-electron chi connectivity index (χ1n) is 7.72. The molecule has 0 atom stereocenters. The van der Waals surface area contributed by atoms with Crippen LogP contribution in [0.2, 0.25) is 0 Å². The monoisotopic (exact) mass is 323 g/mol. The predicted molar refractivity (Wildman–Crippen MR) is 86.3 cm³/mol. The fourth-order valence-electron chi connectivity index (χ4n) is 2.19. The highest BCUT2D eigenvalue weighted by atomic mass is 16.5. The second kappa shape index (κ2) is 9.84. The molecule has 0 spiro atoms. The van der Waals surface area contributed by atoms with Crippen molar-refractivity contribution in [3.63, 3.8) is 0 Å². The Morgan fingerprint density at radius 1 is 1.17 bits per heavy atom. The van der Waals surface area contributed by atoms with Crippen molar-refractivity contribution in [2.24, 2.45) is 0 Å². The zero-order chi connectivity index (χ0) is 17.2. The Morgan fingerprint density at radius 2 is 1.83 bits per heavy atom. The minimum atomic E-state index is -0.362. The molecule has 1 N–H and O–H groups in total. The topological polar surface area (TPSA) is 76.1 Å². The summed E-state index contributed by atoms with van der Waals surface area (Å²) in [6, 6.07) is 5.76. The van der Waals surface area contributed by atoms with E-state index in [1.54, 1.807) is 6.92 Å². The van der Waals surface area contributed by atoms with Gasteiger partial charge in [0, 0.05) is 13.1 Å². The van der Waals surface area contributed by atoms with Crippen LogP contribution in [0.4, 0.5) is 0 Å². The lowest BCUT2D eigenvalue weighted by Crippen LogP contribution is -2.38. The number of aryl methyl sites for hydroxylation is 2. The molecule has 0 fully saturated rings. The molecule has 0 unspecified atom stereocenters. The summed E-state index contributed by atoms with van der Waals surface area (Å²) in [7, 11) is 0. The van der Waals surface area contributed by atoms with Gasteiger partial charge in [0.25, 0.3) is 5.91 Å². The van der Waals surface area contributed by atoms with E-state index < -0.39 is 0 Å². The molecule has 0 bridgehead atoms. The first kappa shape index (κ1) is 19.0. The summed E-state index contributed by atoms with van der Waals surface area (Å²) in [6.07, 6.45) is 0.100. The van der Waals surface area contributed by atoms with Gasteiger partial charge in [0.2, 0.25) is 0 Å². The molecule has 0 heterocycles. The number of ether oxygens (including phenoxy) is 2. The Kier molecular flexibility index (Phi) is 8.11. The van der Waals surface area contributed by atoms with Crippen molar-refractivity contribution < 1.29 is 24.2 Å². The van der Waals surface area contributed by atoms with Gasteiger partial charge in [0.05, 0.1) is 19.6 Å². The minimum absolute atomic E-state index is 0.100. The number of carbonyl (C=O) groups excluding carboxylic acids is 2. The minimum Gasteiger partial charge on any atom is -0.483 e. The van der Waals surface area contributed by atoms with Crippen LogP contribution >= 0.6 is 0 Å². The quantitative estimate of drug-likeness (QED) is 0.696. The van der Waals surface area contributed by atoms with Crippen molar-refractivity contribution in [1.29, 1.82) is 0 Å². The van der Waals surface area contributed by atoms with Crippen molar-refractivity contribution in [2.45, 2.75) is 27.2 Å². The van der Waals surface area contributed by atoms with Crippen LogP contribution in [-0.4, -0.2) is 54.8 Å². The smallest absolute Gasteiger partial charge is 0.307 e. The van der Waals surface area contributed by atoms with Crippen LogP contribution in [0, 0.1) is 13.8 Å². The van der Waals surface area contributed by atoms with Crippen LogP contribution in [0.5, 0.6) is 5.75 Å². The number of aliphatic hydroxyl groups excluding tert-OH is 1. The molecule has 1 amide bonds. The second-order valence-electron chi connectivity index (χ2n) is 5.17. The van der Waals surface area contributed by atoms with E-state index in [9.17, 15) is 9.59 Å². The van der Waals surface area contributed by atoms with E-state index in [1.165, 1.54) is 4.90 Å². The van der Waals surface area contributed by atoms with Gasteiger partial charge in [-0.15, -0.1) is 0 Å². The van der Waals surface area contributed by atoms with Crippen LogP contribution in [0.15, 0.2) is 18.2 Å². The van der Waals surface area contributed by atoms with E-state index >= 15 is 0 Å². The van der Waals surface area contributed by atoms with Crippen LogP contribution in [0.3, 0.4) is 0 Å². The van der Waals surface area contributed by atoms with Crippen molar-refractivity contribution in [1.82, 2.24) is 4.90 Å². The lowest BCUT2D eigenvalue weighted by molar-refractivity contribution is -0.144. The molecule has 0 aromatic heterocycles. The second-order valence-corrected chi connectivity index (χ2v) is 5.17. The predicted octanol–water partition coefficient (Wildman–Crippen LogP) is 1.46. The molecule has 1 aromatic carbocycles. The third-order valence-electron chi connectivity index (χ3n) is 3.36. The molecule has 0 aliphatic rings. The number of benzene rings is 1. The summed E-state index contributed by atoms with van der Waals surface area (Å²) < 4.78 is 10.5. The average Bonchev–Trinajstić information content (AvgIpc) is 2.51. The van der Waals surface area contributed by atoms with Crippen molar-refractivity contribution in [2.75, 3.05) is 32.9 Å². The maximum absolute atomic E-state index is 12.2. The molecule has 0 saturated carbocycles. The van der Waals surface area contributed by atoms with E-state index in [2.05, 4.69) is 0 Å². The largest absolute Gasteiger partial charge is 0.483 e. The van der Waals surface area contributed by atoms with Gasteiger partial charge < -0.3 is 19.5 Å². The Hall–Kier alpha value is -2.08. The normalized spacial score (nSPS) is 10.3. The number of aliphatic hydroxyl groups is 1. The van der Waals surface area contributed by atoms with Crippen molar-refractivity contribution in [3.8, 4) is 5.75 Å². The molecule has 1 aromatic rings. The number of hydrogen-bond acceptors (Lipinski definition) is 5. The van der Waals surface area contributed by atoms with Crippen LogP contribution in [0.25, 0.3) is 0 Å². The maximum Gasteiger partial charge on any atom is 0.307 e. The summed E-state index contributed by atoms with van der Waals surface area (Å²) in [5.74, 6) is 0.0556. The van der Waals surface area contributed by atoms with Gasteiger partial charge in [-0.3, -0.25) is 9.59 Å². The summed E-state index contributed by atoms with van der Waals surface area (Å²) in [5.41, 5.74) is 1.91. The van der Waals surface area contributed by atoms with Gasteiger partial charge in [0.15, 0.2) is 6.61 Å². The highest BCUT2D eigenvalue weighted by Crippen LogP contribution is 2.22. The number of nitrogens with zero attached hydrogens (tertiary/aromatic N) is 1. The average molecular weight is 323 g/mol. The lowest BCUT2D eigenvalue weighted by atomic mass is 10.1. The molecule has 1 rings (SSSR count). The molecular weight excluding hydrogens is 298 g/mol. The molecule has 6 nitrogen and oxygen atoms in total. The number of amides is 1. The summed E-state index contributed by atoms with van der Waals surface area (Å²) >= 11 is 0. The first-order valence-corrected chi connectivity index (χ1v) is 7.72. The van der Waals surface area contributed by atoms with Gasteiger partial charge in [-0.05, 0) is 31.9 Å². The van der Waals surface area contributed by atoms with Crippen LogP contribution in [-0.2, 0) is 14.3 Å².